The van der Waals surface area contributed by atoms with Crippen molar-refractivity contribution in [1.29, 1.82) is 0 Å². The van der Waals surface area contributed by atoms with Gasteiger partial charge in [0.15, 0.2) is 0 Å². The number of pyridine rings is 1. The van der Waals surface area contributed by atoms with Crippen LogP contribution >= 0.6 is 11.6 Å². The fourth-order valence-corrected chi connectivity index (χ4v) is 1.64. The molecule has 0 radical (unpaired) electrons. The molecule has 1 N–H and O–H groups in total. The van der Waals surface area contributed by atoms with Crippen LogP contribution < -0.4 is 5.32 Å². The Kier molecular flexibility index (Phi) is 3.59. The molecule has 0 amide bonds. The summed E-state index contributed by atoms with van der Waals surface area (Å²) >= 11 is 5.96. The van der Waals surface area contributed by atoms with E-state index in [0.29, 0.717) is 11.7 Å². The molecule has 2 aromatic heterocycles. The zero-order chi connectivity index (χ0) is 11.4. The molecule has 84 valence electrons. The van der Waals surface area contributed by atoms with E-state index in [1.54, 1.807) is 18.7 Å². The number of aromatic nitrogens is 1. The minimum Gasteiger partial charge on any atom is -0.472 e. The predicted octanol–water partition coefficient (Wildman–Crippen LogP) is 3.18. The average Bonchev–Trinajstić information content (AvgIpc) is 2.81. The molecule has 0 aliphatic carbocycles. The van der Waals surface area contributed by atoms with E-state index in [0.717, 1.165) is 11.1 Å². The van der Waals surface area contributed by atoms with Gasteiger partial charge >= 0.3 is 0 Å². The monoisotopic (exact) mass is 236 g/mol. The highest BCUT2D eigenvalue weighted by Gasteiger charge is 2.07. The highest BCUT2D eigenvalue weighted by atomic mass is 35.5. The summed E-state index contributed by atoms with van der Waals surface area (Å²) < 4.78 is 5.03. The van der Waals surface area contributed by atoms with Gasteiger partial charge in [0.1, 0.15) is 5.15 Å². The highest BCUT2D eigenvalue weighted by Crippen LogP contribution is 2.15. The molecule has 0 fully saturated rings. The van der Waals surface area contributed by atoms with Crippen LogP contribution in [0.15, 0.2) is 41.3 Å². The van der Waals surface area contributed by atoms with Gasteiger partial charge in [-0.25, -0.2) is 4.98 Å². The number of furan rings is 1. The second kappa shape index (κ2) is 5.14. The van der Waals surface area contributed by atoms with E-state index in [4.69, 9.17) is 16.0 Å². The zero-order valence-corrected chi connectivity index (χ0v) is 9.74. The molecule has 1 atom stereocenters. The van der Waals surface area contributed by atoms with Gasteiger partial charge in [0, 0.05) is 29.9 Å². The third kappa shape index (κ3) is 2.62. The molecule has 0 spiro atoms. The third-order valence-electron chi connectivity index (χ3n) is 2.48. The van der Waals surface area contributed by atoms with Gasteiger partial charge in [0.2, 0.25) is 0 Å². The summed E-state index contributed by atoms with van der Waals surface area (Å²) in [7, 11) is 0. The number of nitrogens with one attached hydrogen (secondary N) is 1. The van der Waals surface area contributed by atoms with Gasteiger partial charge in [-0.1, -0.05) is 17.7 Å². The Balaban J connectivity index is 1.95. The van der Waals surface area contributed by atoms with Crippen LogP contribution in [-0.2, 0) is 6.54 Å². The summed E-state index contributed by atoms with van der Waals surface area (Å²) in [4.78, 5) is 4.03. The van der Waals surface area contributed by atoms with Crippen LogP contribution in [-0.4, -0.2) is 4.98 Å². The van der Waals surface area contributed by atoms with E-state index in [2.05, 4.69) is 17.2 Å². The van der Waals surface area contributed by atoms with Crippen molar-refractivity contribution in [2.75, 3.05) is 0 Å². The lowest BCUT2D eigenvalue weighted by Gasteiger charge is -2.12. The lowest BCUT2D eigenvalue weighted by molar-refractivity contribution is 0.538. The fourth-order valence-electron chi connectivity index (χ4n) is 1.45. The largest absolute Gasteiger partial charge is 0.472 e. The van der Waals surface area contributed by atoms with Crippen LogP contribution in [0.1, 0.15) is 24.1 Å². The second-order valence-corrected chi connectivity index (χ2v) is 3.97. The Labute approximate surface area is 99.5 Å². The molecule has 0 saturated heterocycles. The summed E-state index contributed by atoms with van der Waals surface area (Å²) in [5.41, 5.74) is 2.12. The van der Waals surface area contributed by atoms with Crippen molar-refractivity contribution < 1.29 is 4.42 Å². The first-order valence-corrected chi connectivity index (χ1v) is 5.50. The summed E-state index contributed by atoms with van der Waals surface area (Å²) in [5.74, 6) is 0. The van der Waals surface area contributed by atoms with Gasteiger partial charge < -0.3 is 9.73 Å². The molecule has 3 nitrogen and oxygen atoms in total. The lowest BCUT2D eigenvalue weighted by atomic mass is 10.1. The first-order valence-electron chi connectivity index (χ1n) is 5.12. The van der Waals surface area contributed by atoms with Gasteiger partial charge in [0.25, 0.3) is 0 Å². The molecule has 1 unspecified atom stereocenters. The van der Waals surface area contributed by atoms with E-state index >= 15 is 0 Å². The van der Waals surface area contributed by atoms with Crippen LogP contribution in [0.3, 0.4) is 0 Å². The minimum atomic E-state index is 0.232. The maximum atomic E-state index is 5.96. The van der Waals surface area contributed by atoms with Crippen molar-refractivity contribution in [3.05, 3.63) is 53.2 Å². The lowest BCUT2D eigenvalue weighted by Crippen LogP contribution is -2.17. The number of hydrogen-bond donors (Lipinski definition) is 1. The summed E-state index contributed by atoms with van der Waals surface area (Å²) in [6.07, 6.45) is 5.10. The molecule has 0 saturated carbocycles. The highest BCUT2D eigenvalue weighted by molar-refractivity contribution is 6.30. The predicted molar refractivity (Wildman–Crippen MR) is 63.2 cm³/mol. The Morgan fingerprint density at radius 3 is 3.06 bits per heavy atom. The summed E-state index contributed by atoms with van der Waals surface area (Å²) in [6.45, 7) is 2.77. The van der Waals surface area contributed by atoms with Gasteiger partial charge in [-0.3, -0.25) is 0 Å². The molecule has 0 aromatic carbocycles. The first-order chi connectivity index (χ1) is 7.77. The van der Waals surface area contributed by atoms with Crippen molar-refractivity contribution in [2.45, 2.75) is 19.5 Å². The van der Waals surface area contributed by atoms with Gasteiger partial charge in [0.05, 0.1) is 12.5 Å². The standard InChI is InChI=1S/C12H13ClN2O/c1-9(11-4-6-16-8-11)15-7-10-3-2-5-14-12(10)13/h2-6,8-9,15H,7H2,1H3. The smallest absolute Gasteiger partial charge is 0.133 e. The van der Waals surface area contributed by atoms with E-state index in [9.17, 15) is 0 Å². The number of hydrogen-bond acceptors (Lipinski definition) is 3. The van der Waals surface area contributed by atoms with Crippen LogP contribution in [0.5, 0.6) is 0 Å². The summed E-state index contributed by atoms with van der Waals surface area (Å²) in [5, 5.41) is 3.91. The van der Waals surface area contributed by atoms with E-state index in [1.165, 1.54) is 0 Å². The summed E-state index contributed by atoms with van der Waals surface area (Å²) in [6, 6.07) is 6.02. The van der Waals surface area contributed by atoms with Crippen molar-refractivity contribution in [2.24, 2.45) is 0 Å². The Bertz CT molecular complexity index is 442. The topological polar surface area (TPSA) is 38.1 Å². The van der Waals surface area contributed by atoms with Crippen LogP contribution in [0.4, 0.5) is 0 Å². The van der Waals surface area contributed by atoms with Crippen LogP contribution in [0, 0.1) is 0 Å². The van der Waals surface area contributed by atoms with E-state index in [1.807, 2.05) is 18.2 Å². The fraction of sp³-hybridized carbons (Fsp3) is 0.250. The van der Waals surface area contributed by atoms with Gasteiger partial charge in [-0.15, -0.1) is 0 Å². The van der Waals surface area contributed by atoms with Crippen molar-refractivity contribution in [3.63, 3.8) is 0 Å². The van der Waals surface area contributed by atoms with E-state index in [-0.39, 0.29) is 6.04 Å². The number of halogens is 1. The zero-order valence-electron chi connectivity index (χ0n) is 8.98. The van der Waals surface area contributed by atoms with Crippen LogP contribution in [0.2, 0.25) is 5.15 Å². The molecule has 2 aromatic rings. The molecule has 16 heavy (non-hydrogen) atoms. The third-order valence-corrected chi connectivity index (χ3v) is 2.82. The molecule has 0 aliphatic heterocycles. The van der Waals surface area contributed by atoms with Gasteiger partial charge in [-0.05, 0) is 19.1 Å². The maximum absolute atomic E-state index is 5.96. The van der Waals surface area contributed by atoms with Crippen LogP contribution in [0.25, 0.3) is 0 Å². The Hall–Kier alpha value is -1.32. The van der Waals surface area contributed by atoms with Crippen molar-refractivity contribution >= 4 is 11.6 Å². The second-order valence-electron chi connectivity index (χ2n) is 3.61. The Morgan fingerprint density at radius 1 is 1.50 bits per heavy atom. The molecular formula is C12H13ClN2O. The maximum Gasteiger partial charge on any atom is 0.133 e. The molecule has 4 heteroatoms. The average molecular weight is 237 g/mol. The van der Waals surface area contributed by atoms with E-state index < -0.39 is 0 Å². The molecule has 2 rings (SSSR count). The quantitative estimate of drug-likeness (QED) is 0.829. The number of rotatable bonds is 4. The minimum absolute atomic E-state index is 0.232. The molecule has 2 heterocycles. The normalized spacial score (nSPS) is 12.6. The molecule has 0 aliphatic rings. The Morgan fingerprint density at radius 2 is 2.38 bits per heavy atom. The molecular weight excluding hydrogens is 224 g/mol. The molecule has 0 bridgehead atoms. The van der Waals surface area contributed by atoms with Crippen molar-refractivity contribution in [3.8, 4) is 0 Å². The number of nitrogens with zero attached hydrogens (tertiary/aromatic N) is 1. The SMILES string of the molecule is CC(NCc1cccnc1Cl)c1ccoc1. The van der Waals surface area contributed by atoms with Crippen molar-refractivity contribution in [1.82, 2.24) is 10.3 Å². The first kappa shape index (κ1) is 11.2. The van der Waals surface area contributed by atoms with Gasteiger partial charge in [-0.2, -0.15) is 0 Å².